The van der Waals surface area contributed by atoms with E-state index in [-0.39, 0.29) is 11.3 Å². The van der Waals surface area contributed by atoms with Gasteiger partial charge in [0.05, 0.1) is 5.69 Å². The number of benzene rings is 2. The Morgan fingerprint density at radius 2 is 1.62 bits per heavy atom. The van der Waals surface area contributed by atoms with E-state index in [4.69, 9.17) is 0 Å². The number of hydrogen-bond acceptors (Lipinski definition) is 2. The van der Waals surface area contributed by atoms with Crippen molar-refractivity contribution in [1.82, 2.24) is 0 Å². The van der Waals surface area contributed by atoms with E-state index in [9.17, 15) is 22.4 Å². The number of carbonyl (C=O) groups excluding carboxylic acids is 1. The molecule has 0 atom stereocenters. The quantitative estimate of drug-likeness (QED) is 0.851. The molecule has 0 fully saturated rings. The molecule has 2 aromatic carbocycles. The highest BCUT2D eigenvalue weighted by molar-refractivity contribution is 6.04. The molecule has 0 aliphatic heterocycles. The SMILES string of the molecule is CNc1c(F)cc(C(=O)Nc2cccc(F)c2F)cc1F. The lowest BCUT2D eigenvalue weighted by atomic mass is 10.1. The molecule has 0 saturated heterocycles. The minimum absolute atomic E-state index is 0.354. The fourth-order valence-electron chi connectivity index (χ4n) is 1.74. The number of rotatable bonds is 3. The van der Waals surface area contributed by atoms with Crippen molar-refractivity contribution in [2.75, 3.05) is 17.7 Å². The van der Waals surface area contributed by atoms with Gasteiger partial charge >= 0.3 is 0 Å². The second kappa shape index (κ2) is 5.82. The van der Waals surface area contributed by atoms with Crippen molar-refractivity contribution < 1.29 is 22.4 Å². The largest absolute Gasteiger partial charge is 0.383 e. The third-order valence-corrected chi connectivity index (χ3v) is 2.75. The Morgan fingerprint density at radius 1 is 1.00 bits per heavy atom. The van der Waals surface area contributed by atoms with E-state index in [0.29, 0.717) is 0 Å². The predicted octanol–water partition coefficient (Wildman–Crippen LogP) is 3.54. The van der Waals surface area contributed by atoms with Crippen LogP contribution in [0.2, 0.25) is 0 Å². The fraction of sp³-hybridized carbons (Fsp3) is 0.0714. The Bertz CT molecular complexity index is 680. The van der Waals surface area contributed by atoms with Crippen LogP contribution in [0.15, 0.2) is 30.3 Å². The van der Waals surface area contributed by atoms with Crippen LogP contribution >= 0.6 is 0 Å². The van der Waals surface area contributed by atoms with Crippen molar-refractivity contribution in [3.8, 4) is 0 Å². The zero-order valence-electron chi connectivity index (χ0n) is 10.8. The van der Waals surface area contributed by atoms with E-state index >= 15 is 0 Å². The van der Waals surface area contributed by atoms with Crippen LogP contribution in [-0.4, -0.2) is 13.0 Å². The lowest BCUT2D eigenvalue weighted by Gasteiger charge is -2.09. The average molecular weight is 298 g/mol. The molecule has 0 aromatic heterocycles. The molecular formula is C14H10F4N2O. The molecule has 0 unspecified atom stereocenters. The van der Waals surface area contributed by atoms with Gasteiger partial charge in [0.25, 0.3) is 5.91 Å². The predicted molar refractivity (Wildman–Crippen MR) is 70.2 cm³/mol. The summed E-state index contributed by atoms with van der Waals surface area (Å²) in [5, 5.41) is 4.36. The minimum atomic E-state index is -1.25. The topological polar surface area (TPSA) is 41.1 Å². The van der Waals surface area contributed by atoms with Crippen molar-refractivity contribution in [3.05, 3.63) is 59.2 Å². The van der Waals surface area contributed by atoms with Crippen LogP contribution in [-0.2, 0) is 0 Å². The van der Waals surface area contributed by atoms with Gasteiger partial charge in [0, 0.05) is 12.6 Å². The van der Waals surface area contributed by atoms with Crippen molar-refractivity contribution in [2.45, 2.75) is 0 Å². The number of halogens is 4. The van der Waals surface area contributed by atoms with Gasteiger partial charge in [-0.05, 0) is 24.3 Å². The maximum Gasteiger partial charge on any atom is 0.255 e. The smallest absolute Gasteiger partial charge is 0.255 e. The first-order valence-corrected chi connectivity index (χ1v) is 5.86. The van der Waals surface area contributed by atoms with Gasteiger partial charge < -0.3 is 10.6 Å². The summed E-state index contributed by atoms with van der Waals surface area (Å²) in [6, 6.07) is 4.79. The van der Waals surface area contributed by atoms with Crippen LogP contribution in [0.25, 0.3) is 0 Å². The highest BCUT2D eigenvalue weighted by atomic mass is 19.2. The summed E-state index contributed by atoms with van der Waals surface area (Å²) >= 11 is 0. The first kappa shape index (κ1) is 14.8. The lowest BCUT2D eigenvalue weighted by Crippen LogP contribution is -2.14. The Balaban J connectivity index is 2.31. The summed E-state index contributed by atoms with van der Waals surface area (Å²) < 4.78 is 53.5. The van der Waals surface area contributed by atoms with Gasteiger partial charge in [-0.3, -0.25) is 4.79 Å². The van der Waals surface area contributed by atoms with Crippen LogP contribution in [0, 0.1) is 23.3 Å². The summed E-state index contributed by atoms with van der Waals surface area (Å²) in [6.45, 7) is 0. The number of amides is 1. The molecule has 2 N–H and O–H groups in total. The summed E-state index contributed by atoms with van der Waals surface area (Å²) in [5.74, 6) is -5.29. The molecule has 2 rings (SSSR count). The molecule has 110 valence electrons. The molecule has 0 aliphatic carbocycles. The highest BCUT2D eigenvalue weighted by Crippen LogP contribution is 2.22. The summed E-state index contributed by atoms with van der Waals surface area (Å²) in [4.78, 5) is 11.8. The van der Waals surface area contributed by atoms with Gasteiger partial charge in [0.15, 0.2) is 11.6 Å². The van der Waals surface area contributed by atoms with E-state index in [1.165, 1.54) is 13.1 Å². The minimum Gasteiger partial charge on any atom is -0.383 e. The molecule has 2 aromatic rings. The Hall–Kier alpha value is -2.57. The van der Waals surface area contributed by atoms with Gasteiger partial charge in [-0.15, -0.1) is 0 Å². The van der Waals surface area contributed by atoms with Gasteiger partial charge in [-0.25, -0.2) is 17.6 Å². The lowest BCUT2D eigenvalue weighted by molar-refractivity contribution is 0.102. The van der Waals surface area contributed by atoms with E-state index in [0.717, 1.165) is 24.3 Å². The highest BCUT2D eigenvalue weighted by Gasteiger charge is 2.16. The number of carbonyl (C=O) groups is 1. The maximum absolute atomic E-state index is 13.5. The van der Waals surface area contributed by atoms with E-state index in [2.05, 4.69) is 10.6 Å². The van der Waals surface area contributed by atoms with Gasteiger partial charge in [-0.2, -0.15) is 0 Å². The third-order valence-electron chi connectivity index (χ3n) is 2.75. The molecule has 0 aliphatic rings. The zero-order valence-corrected chi connectivity index (χ0v) is 10.8. The monoisotopic (exact) mass is 298 g/mol. The Labute approximate surface area is 117 Å². The second-order valence-corrected chi connectivity index (χ2v) is 4.12. The van der Waals surface area contributed by atoms with E-state index in [1.54, 1.807) is 0 Å². The first-order chi connectivity index (χ1) is 9.93. The van der Waals surface area contributed by atoms with Crippen molar-refractivity contribution >= 4 is 17.3 Å². The molecule has 0 spiro atoms. The maximum atomic E-state index is 13.5. The molecule has 3 nitrogen and oxygen atoms in total. The first-order valence-electron chi connectivity index (χ1n) is 5.86. The fourth-order valence-corrected chi connectivity index (χ4v) is 1.74. The molecule has 0 bridgehead atoms. The molecule has 0 radical (unpaired) electrons. The number of nitrogens with one attached hydrogen (secondary N) is 2. The van der Waals surface area contributed by atoms with Crippen LogP contribution in [0.4, 0.5) is 28.9 Å². The van der Waals surface area contributed by atoms with Gasteiger partial charge in [-0.1, -0.05) is 6.07 Å². The molecular weight excluding hydrogens is 288 g/mol. The van der Waals surface area contributed by atoms with Crippen LogP contribution in [0.5, 0.6) is 0 Å². The van der Waals surface area contributed by atoms with Crippen molar-refractivity contribution in [2.24, 2.45) is 0 Å². The van der Waals surface area contributed by atoms with E-state index < -0.39 is 34.9 Å². The summed E-state index contributed by atoms with van der Waals surface area (Å²) in [5.41, 5.74) is -1.16. The Kier molecular flexibility index (Phi) is 4.11. The van der Waals surface area contributed by atoms with Crippen molar-refractivity contribution in [3.63, 3.8) is 0 Å². The average Bonchev–Trinajstić information content (AvgIpc) is 2.43. The van der Waals surface area contributed by atoms with Crippen LogP contribution < -0.4 is 10.6 Å². The molecule has 1 amide bonds. The third kappa shape index (κ3) is 2.96. The van der Waals surface area contributed by atoms with Gasteiger partial charge in [0.1, 0.15) is 17.3 Å². The molecule has 0 heterocycles. The summed E-state index contributed by atoms with van der Waals surface area (Å²) in [6.07, 6.45) is 0. The molecule has 7 heteroatoms. The van der Waals surface area contributed by atoms with Crippen LogP contribution in [0.1, 0.15) is 10.4 Å². The molecule has 0 saturated carbocycles. The Morgan fingerprint density at radius 3 is 2.19 bits per heavy atom. The number of anilines is 2. The standard InChI is InChI=1S/C14H10F4N2O/c1-19-13-9(16)5-7(6-10(13)17)14(21)20-11-4-2-3-8(15)12(11)18/h2-6,19H,1H3,(H,20,21). The van der Waals surface area contributed by atoms with Crippen LogP contribution in [0.3, 0.4) is 0 Å². The van der Waals surface area contributed by atoms with Gasteiger partial charge in [0.2, 0.25) is 0 Å². The van der Waals surface area contributed by atoms with E-state index in [1.807, 2.05) is 0 Å². The number of hydrogen-bond donors (Lipinski definition) is 2. The molecule has 21 heavy (non-hydrogen) atoms. The second-order valence-electron chi connectivity index (χ2n) is 4.12. The van der Waals surface area contributed by atoms with Crippen molar-refractivity contribution in [1.29, 1.82) is 0 Å². The normalized spacial score (nSPS) is 10.3. The summed E-state index contributed by atoms with van der Waals surface area (Å²) in [7, 11) is 1.32. The zero-order chi connectivity index (χ0) is 15.6.